The number of amides is 1. The van der Waals surface area contributed by atoms with E-state index in [1.165, 1.54) is 32.1 Å². The van der Waals surface area contributed by atoms with Gasteiger partial charge in [-0.1, -0.05) is 140 Å². The van der Waals surface area contributed by atoms with Gasteiger partial charge in [-0.2, -0.15) is 0 Å². The predicted octanol–water partition coefficient (Wildman–Crippen LogP) is 10.6. The first-order chi connectivity index (χ1) is 26.6. The lowest BCUT2D eigenvalue weighted by Crippen LogP contribution is -2.43. The molecule has 318 valence electrons. The van der Waals surface area contributed by atoms with Crippen LogP contribution in [-0.2, 0) is 32.7 Å². The zero-order valence-electron chi connectivity index (χ0n) is 34.2. The van der Waals surface area contributed by atoms with Gasteiger partial charge in [-0.05, 0) is 70.6 Å². The number of aliphatic hydroxyl groups is 1. The van der Waals surface area contributed by atoms with E-state index in [2.05, 4.69) is 67.8 Å². The van der Waals surface area contributed by atoms with Crippen molar-refractivity contribution >= 4 is 25.7 Å². The monoisotopic (exact) mass is 798 g/mol. The fraction of sp³-hybridized carbons (Fsp3) is 0.744. The van der Waals surface area contributed by atoms with Gasteiger partial charge in [0.2, 0.25) is 5.91 Å². The average molecular weight is 798 g/mol. The molecule has 4 N–H and O–H groups in total. The molecule has 0 radical (unpaired) electrons. The van der Waals surface area contributed by atoms with Gasteiger partial charge in [0.25, 0.3) is 0 Å². The van der Waals surface area contributed by atoms with Gasteiger partial charge in [-0.3, -0.25) is 18.6 Å². The third-order valence-electron chi connectivity index (χ3n) is 8.85. The summed E-state index contributed by atoms with van der Waals surface area (Å²) in [5.74, 6) is -2.40. The van der Waals surface area contributed by atoms with Gasteiger partial charge >= 0.3 is 19.8 Å². The highest BCUT2D eigenvalue weighted by Crippen LogP contribution is 2.43. The molecular formula is C43H76NO10P. The van der Waals surface area contributed by atoms with Crippen LogP contribution in [0.1, 0.15) is 174 Å². The molecule has 0 bridgehead atoms. The number of carboxylic acids is 1. The molecule has 0 heterocycles. The van der Waals surface area contributed by atoms with Crippen LogP contribution in [0.4, 0.5) is 0 Å². The number of aliphatic hydroxyl groups excluding tert-OH is 1. The molecule has 0 fully saturated rings. The maximum absolute atomic E-state index is 12.3. The molecular weight excluding hydrogens is 721 g/mol. The number of carbonyl (C=O) groups excluding carboxylic acids is 2. The molecule has 3 unspecified atom stereocenters. The van der Waals surface area contributed by atoms with Crippen molar-refractivity contribution in [3.05, 3.63) is 48.6 Å². The second-order valence-electron chi connectivity index (χ2n) is 14.1. The first-order valence-corrected chi connectivity index (χ1v) is 22.7. The summed E-state index contributed by atoms with van der Waals surface area (Å²) in [6, 6.07) is -1.55. The summed E-state index contributed by atoms with van der Waals surface area (Å²) in [6.07, 6.45) is 41.3. The Morgan fingerprint density at radius 2 is 1.05 bits per heavy atom. The number of rotatable bonds is 39. The van der Waals surface area contributed by atoms with Gasteiger partial charge in [0, 0.05) is 12.8 Å². The molecule has 0 saturated heterocycles. The minimum absolute atomic E-state index is 0.132. The summed E-state index contributed by atoms with van der Waals surface area (Å²) in [7, 11) is -4.76. The number of allylic oxidation sites excluding steroid dienone is 8. The lowest BCUT2D eigenvalue weighted by atomic mass is 10.1. The second-order valence-corrected chi connectivity index (χ2v) is 15.6. The molecule has 1 amide bonds. The summed E-state index contributed by atoms with van der Waals surface area (Å²) in [5.41, 5.74) is 0. The Morgan fingerprint density at radius 1 is 0.600 bits per heavy atom. The number of ether oxygens (including phenoxy) is 1. The molecule has 3 atom stereocenters. The summed E-state index contributed by atoms with van der Waals surface area (Å²) in [4.78, 5) is 45.8. The molecule has 0 aliphatic rings. The van der Waals surface area contributed by atoms with Gasteiger partial charge in [-0.25, -0.2) is 9.36 Å². The first-order valence-electron chi connectivity index (χ1n) is 21.2. The van der Waals surface area contributed by atoms with Crippen molar-refractivity contribution < 1.29 is 47.8 Å². The van der Waals surface area contributed by atoms with Crippen LogP contribution in [0.15, 0.2) is 48.6 Å². The van der Waals surface area contributed by atoms with Crippen LogP contribution in [0.3, 0.4) is 0 Å². The number of phosphoric ester groups is 1. The summed E-state index contributed by atoms with van der Waals surface area (Å²) in [5, 5.41) is 21.8. The number of nitrogens with one attached hydrogen (secondary N) is 1. The molecule has 55 heavy (non-hydrogen) atoms. The van der Waals surface area contributed by atoms with Crippen LogP contribution in [0.5, 0.6) is 0 Å². The van der Waals surface area contributed by atoms with Gasteiger partial charge in [0.15, 0.2) is 6.04 Å². The van der Waals surface area contributed by atoms with E-state index in [1.807, 2.05) is 0 Å². The van der Waals surface area contributed by atoms with Crippen LogP contribution >= 0.6 is 7.82 Å². The number of hydrogen-bond acceptors (Lipinski definition) is 8. The number of unbranched alkanes of at least 4 members (excludes halogenated alkanes) is 17. The topological polar surface area (TPSA) is 169 Å². The number of aliphatic carboxylic acids is 1. The van der Waals surface area contributed by atoms with Crippen molar-refractivity contribution in [3.8, 4) is 0 Å². The predicted molar refractivity (Wildman–Crippen MR) is 222 cm³/mol. The van der Waals surface area contributed by atoms with E-state index in [0.717, 1.165) is 103 Å². The SMILES string of the molecule is CC/C=C\C/C=C\C/C=C\CCCCCCCCCC(=O)NC(COP(=O)(O)OCC(O)COC(=O)CCCCCCC/C=C\CCCCCCC)C(=O)O. The maximum Gasteiger partial charge on any atom is 0.472 e. The number of esters is 1. The molecule has 0 rings (SSSR count). The number of carboxylic acid groups (broad SMARTS) is 1. The largest absolute Gasteiger partial charge is 0.480 e. The smallest absolute Gasteiger partial charge is 0.472 e. The molecule has 0 spiro atoms. The molecule has 0 aliphatic carbocycles. The zero-order chi connectivity index (χ0) is 40.7. The van der Waals surface area contributed by atoms with E-state index in [0.29, 0.717) is 12.8 Å². The molecule has 0 aromatic rings. The third-order valence-corrected chi connectivity index (χ3v) is 9.80. The van der Waals surface area contributed by atoms with Gasteiger partial charge in [0.1, 0.15) is 12.7 Å². The maximum atomic E-state index is 12.3. The molecule has 0 aliphatic heterocycles. The summed E-state index contributed by atoms with van der Waals surface area (Å²) in [6.45, 7) is 2.45. The lowest BCUT2D eigenvalue weighted by molar-refractivity contribution is -0.147. The number of phosphoric acid groups is 1. The quantitative estimate of drug-likeness (QED) is 0.0203. The normalized spacial score (nSPS) is 14.3. The van der Waals surface area contributed by atoms with Crippen LogP contribution in [-0.4, -0.2) is 64.9 Å². The average Bonchev–Trinajstić information content (AvgIpc) is 3.16. The Hall–Kier alpha value is -2.56. The van der Waals surface area contributed by atoms with Crippen LogP contribution in [0, 0.1) is 0 Å². The fourth-order valence-electron chi connectivity index (χ4n) is 5.56. The van der Waals surface area contributed by atoms with E-state index < -0.39 is 57.6 Å². The first kappa shape index (κ1) is 52.4. The van der Waals surface area contributed by atoms with Crippen molar-refractivity contribution in [2.45, 2.75) is 187 Å². The Balaban J connectivity index is 3.95. The Labute approximate surface area is 333 Å². The van der Waals surface area contributed by atoms with E-state index in [-0.39, 0.29) is 12.8 Å². The van der Waals surface area contributed by atoms with Gasteiger partial charge in [-0.15, -0.1) is 0 Å². The highest BCUT2D eigenvalue weighted by atomic mass is 31.2. The Bertz CT molecular complexity index is 1120. The third kappa shape index (κ3) is 38.1. The minimum Gasteiger partial charge on any atom is -0.480 e. The van der Waals surface area contributed by atoms with Crippen molar-refractivity contribution in [2.24, 2.45) is 0 Å². The highest BCUT2D eigenvalue weighted by molar-refractivity contribution is 7.47. The van der Waals surface area contributed by atoms with Crippen molar-refractivity contribution in [1.29, 1.82) is 0 Å². The van der Waals surface area contributed by atoms with Crippen molar-refractivity contribution in [2.75, 3.05) is 19.8 Å². The number of carbonyl (C=O) groups is 3. The van der Waals surface area contributed by atoms with Crippen LogP contribution in [0.2, 0.25) is 0 Å². The van der Waals surface area contributed by atoms with Crippen LogP contribution < -0.4 is 5.32 Å². The van der Waals surface area contributed by atoms with Crippen LogP contribution in [0.25, 0.3) is 0 Å². The highest BCUT2D eigenvalue weighted by Gasteiger charge is 2.28. The lowest BCUT2D eigenvalue weighted by Gasteiger charge is -2.18. The fourth-order valence-corrected chi connectivity index (χ4v) is 6.33. The van der Waals surface area contributed by atoms with Crippen molar-refractivity contribution in [1.82, 2.24) is 5.32 Å². The molecule has 12 heteroatoms. The minimum atomic E-state index is -4.76. The van der Waals surface area contributed by atoms with Crippen molar-refractivity contribution in [3.63, 3.8) is 0 Å². The number of hydrogen-bond donors (Lipinski definition) is 4. The van der Waals surface area contributed by atoms with E-state index in [4.69, 9.17) is 13.8 Å². The molecule has 0 aromatic carbocycles. The van der Waals surface area contributed by atoms with E-state index in [9.17, 15) is 34.1 Å². The molecule has 0 aromatic heterocycles. The Kier molecular flexibility index (Phi) is 36.5. The van der Waals surface area contributed by atoms with Gasteiger partial charge in [0.05, 0.1) is 13.2 Å². The van der Waals surface area contributed by atoms with E-state index >= 15 is 0 Å². The molecule has 0 saturated carbocycles. The standard InChI is InChI=1S/C43H76NO10P/c1-3-5-7-9-11-13-15-17-19-20-21-22-24-26-28-30-32-34-41(46)44-40(43(48)49)38-54-55(50,51)53-37-39(45)36-52-42(47)35-33-31-29-27-25-23-18-16-14-12-10-8-6-4-2/h5,7,11,13,16-19,39-40,45H,3-4,6,8-10,12,14-15,20-38H2,1-2H3,(H,44,46)(H,48,49)(H,50,51)/b7-5-,13-11-,18-16-,19-17-. The second kappa shape index (κ2) is 38.3. The Morgan fingerprint density at radius 3 is 1.60 bits per heavy atom. The molecule has 11 nitrogen and oxygen atoms in total. The summed E-state index contributed by atoms with van der Waals surface area (Å²) < 4.78 is 26.8. The summed E-state index contributed by atoms with van der Waals surface area (Å²) >= 11 is 0. The van der Waals surface area contributed by atoms with E-state index in [1.54, 1.807) is 0 Å². The zero-order valence-corrected chi connectivity index (χ0v) is 35.1. The van der Waals surface area contributed by atoms with Gasteiger partial charge < -0.3 is 25.2 Å².